The van der Waals surface area contributed by atoms with Gasteiger partial charge in [-0.3, -0.25) is 4.79 Å². The van der Waals surface area contributed by atoms with Crippen molar-refractivity contribution in [3.05, 3.63) is 0 Å². The molecule has 1 aliphatic heterocycles. The number of carbonyl (C=O) groups excluding carboxylic acids is 1. The number of carbonyl (C=O) groups is 1. The summed E-state index contributed by atoms with van der Waals surface area (Å²) in [6.45, 7) is 4.07. The maximum atomic E-state index is 11.2. The van der Waals surface area contributed by atoms with Crippen molar-refractivity contribution in [2.75, 3.05) is 0 Å². The van der Waals surface area contributed by atoms with Crippen LogP contribution in [0.3, 0.4) is 0 Å². The van der Waals surface area contributed by atoms with Crippen molar-refractivity contribution in [1.29, 1.82) is 0 Å². The molecule has 1 saturated carbocycles. The van der Waals surface area contributed by atoms with Gasteiger partial charge in [-0.05, 0) is 26.2 Å². The zero-order chi connectivity index (χ0) is 8.06. The Kier molecular flexibility index (Phi) is 1.29. The summed E-state index contributed by atoms with van der Waals surface area (Å²) >= 11 is 0. The van der Waals surface area contributed by atoms with Gasteiger partial charge in [0.25, 0.3) is 0 Å². The van der Waals surface area contributed by atoms with Crippen molar-refractivity contribution in [1.82, 2.24) is 0 Å². The number of hydrogen-bond donors (Lipinski definition) is 0. The van der Waals surface area contributed by atoms with E-state index in [1.54, 1.807) is 0 Å². The summed E-state index contributed by atoms with van der Waals surface area (Å²) in [4.78, 5) is 11.2. The first-order valence-electron chi connectivity index (χ1n) is 4.36. The Bertz CT molecular complexity index is 200. The maximum absolute atomic E-state index is 11.2. The molecule has 2 nitrogen and oxygen atoms in total. The van der Waals surface area contributed by atoms with Crippen molar-refractivity contribution < 1.29 is 9.53 Å². The fourth-order valence-corrected chi connectivity index (χ4v) is 2.56. The number of hydrogen-bond acceptors (Lipinski definition) is 2. The smallest absolute Gasteiger partial charge is 0.309 e. The van der Waals surface area contributed by atoms with Gasteiger partial charge in [0, 0.05) is 5.92 Å². The second-order valence-corrected chi connectivity index (χ2v) is 4.02. The predicted molar refractivity (Wildman–Crippen MR) is 41.0 cm³/mol. The third-order valence-electron chi connectivity index (χ3n) is 3.28. The third-order valence-corrected chi connectivity index (χ3v) is 3.28. The zero-order valence-electron chi connectivity index (χ0n) is 7.09. The molecule has 0 N–H and O–H groups in total. The maximum Gasteiger partial charge on any atom is 0.309 e. The molecular formula is C9H14O2. The molecule has 0 amide bonds. The van der Waals surface area contributed by atoms with E-state index in [2.05, 4.69) is 6.92 Å². The van der Waals surface area contributed by atoms with E-state index in [1.807, 2.05) is 6.92 Å². The monoisotopic (exact) mass is 154 g/mol. The largest absolute Gasteiger partial charge is 0.459 e. The molecule has 62 valence electrons. The Balaban J connectivity index is 2.28. The van der Waals surface area contributed by atoms with Gasteiger partial charge in [-0.25, -0.2) is 0 Å². The van der Waals surface area contributed by atoms with Crippen LogP contribution in [0, 0.1) is 11.8 Å². The van der Waals surface area contributed by atoms with Crippen molar-refractivity contribution in [2.45, 2.75) is 38.7 Å². The molecule has 2 heteroatoms. The van der Waals surface area contributed by atoms with Gasteiger partial charge in [0.1, 0.15) is 5.60 Å². The molecule has 11 heavy (non-hydrogen) atoms. The van der Waals surface area contributed by atoms with E-state index in [9.17, 15) is 4.79 Å². The van der Waals surface area contributed by atoms with Crippen LogP contribution in [0.15, 0.2) is 0 Å². The van der Waals surface area contributed by atoms with Gasteiger partial charge in [0.05, 0.1) is 5.92 Å². The Labute approximate surface area is 66.9 Å². The lowest BCUT2D eigenvalue weighted by atomic mass is 9.86. The highest BCUT2D eigenvalue weighted by Gasteiger charge is 2.52. The molecule has 1 saturated heterocycles. The van der Waals surface area contributed by atoms with Crippen LogP contribution in [-0.4, -0.2) is 11.6 Å². The molecular weight excluding hydrogens is 140 g/mol. The number of esters is 1. The summed E-state index contributed by atoms with van der Waals surface area (Å²) in [5.74, 6) is 0.648. The van der Waals surface area contributed by atoms with Crippen LogP contribution in [0.5, 0.6) is 0 Å². The first kappa shape index (κ1) is 7.14. The quantitative estimate of drug-likeness (QED) is 0.497. The van der Waals surface area contributed by atoms with Crippen LogP contribution in [0.25, 0.3) is 0 Å². The third kappa shape index (κ3) is 0.815. The fraction of sp³-hybridized carbons (Fsp3) is 0.889. The van der Waals surface area contributed by atoms with Crippen LogP contribution in [0.2, 0.25) is 0 Å². The molecule has 2 rings (SSSR count). The van der Waals surface area contributed by atoms with Crippen LogP contribution in [0.1, 0.15) is 33.1 Å². The van der Waals surface area contributed by atoms with Gasteiger partial charge in [0.15, 0.2) is 0 Å². The second kappa shape index (κ2) is 1.99. The minimum atomic E-state index is -0.101. The molecule has 2 aliphatic rings. The first-order chi connectivity index (χ1) is 5.13. The van der Waals surface area contributed by atoms with Crippen LogP contribution in [0.4, 0.5) is 0 Å². The van der Waals surface area contributed by atoms with Gasteiger partial charge in [0.2, 0.25) is 0 Å². The van der Waals surface area contributed by atoms with E-state index >= 15 is 0 Å². The van der Waals surface area contributed by atoms with Crippen LogP contribution < -0.4 is 0 Å². The molecule has 0 aromatic carbocycles. The van der Waals surface area contributed by atoms with Gasteiger partial charge in [-0.2, -0.15) is 0 Å². The highest BCUT2D eigenvalue weighted by molar-refractivity contribution is 5.75. The van der Waals surface area contributed by atoms with E-state index in [4.69, 9.17) is 4.74 Å². The van der Waals surface area contributed by atoms with Crippen molar-refractivity contribution in [3.63, 3.8) is 0 Å². The summed E-state index contributed by atoms with van der Waals surface area (Å²) in [5.41, 5.74) is -0.101. The standard InChI is InChI=1S/C9H14O2/c1-6-7-4-3-5-9(7,2)11-8(6)10/h6-7H,3-5H2,1-2H3/t6?,7-,9-/m0/s1. The number of rotatable bonds is 0. The average molecular weight is 154 g/mol. The Morgan fingerprint density at radius 1 is 1.64 bits per heavy atom. The van der Waals surface area contributed by atoms with Crippen LogP contribution in [-0.2, 0) is 9.53 Å². The van der Waals surface area contributed by atoms with E-state index in [0.717, 1.165) is 6.42 Å². The second-order valence-electron chi connectivity index (χ2n) is 4.02. The molecule has 1 heterocycles. The highest BCUT2D eigenvalue weighted by atomic mass is 16.6. The minimum absolute atomic E-state index is 0.0113. The molecule has 0 aromatic rings. The first-order valence-corrected chi connectivity index (χ1v) is 4.36. The molecule has 0 aromatic heterocycles. The Morgan fingerprint density at radius 2 is 2.36 bits per heavy atom. The van der Waals surface area contributed by atoms with Crippen LogP contribution >= 0.6 is 0 Å². The Morgan fingerprint density at radius 3 is 3.00 bits per heavy atom. The highest BCUT2D eigenvalue weighted by Crippen LogP contribution is 2.48. The molecule has 0 bridgehead atoms. The van der Waals surface area contributed by atoms with Crippen molar-refractivity contribution in [3.8, 4) is 0 Å². The van der Waals surface area contributed by atoms with E-state index in [1.165, 1.54) is 12.8 Å². The summed E-state index contributed by atoms with van der Waals surface area (Å²) < 4.78 is 5.35. The summed E-state index contributed by atoms with van der Waals surface area (Å²) in [6, 6.07) is 0. The summed E-state index contributed by atoms with van der Waals surface area (Å²) in [6.07, 6.45) is 3.45. The number of fused-ring (bicyclic) bond motifs is 1. The summed E-state index contributed by atoms with van der Waals surface area (Å²) in [5, 5.41) is 0. The topological polar surface area (TPSA) is 26.3 Å². The predicted octanol–water partition coefficient (Wildman–Crippen LogP) is 1.74. The van der Waals surface area contributed by atoms with E-state index in [-0.39, 0.29) is 17.5 Å². The Hall–Kier alpha value is -0.530. The normalized spacial score (nSPS) is 49.1. The zero-order valence-corrected chi connectivity index (χ0v) is 7.09. The molecule has 0 radical (unpaired) electrons. The SMILES string of the molecule is CC1C(=O)O[C@@]2(C)CCC[C@@H]12. The molecule has 0 spiro atoms. The molecule has 2 fully saturated rings. The van der Waals surface area contributed by atoms with Crippen molar-refractivity contribution >= 4 is 5.97 Å². The van der Waals surface area contributed by atoms with E-state index in [0.29, 0.717) is 5.92 Å². The molecule has 3 atom stereocenters. The lowest BCUT2D eigenvalue weighted by Gasteiger charge is -2.21. The van der Waals surface area contributed by atoms with Gasteiger partial charge >= 0.3 is 5.97 Å². The van der Waals surface area contributed by atoms with Gasteiger partial charge in [-0.1, -0.05) is 6.92 Å². The lowest BCUT2D eigenvalue weighted by molar-refractivity contribution is -0.149. The molecule has 1 unspecified atom stereocenters. The van der Waals surface area contributed by atoms with Gasteiger partial charge in [-0.15, -0.1) is 0 Å². The average Bonchev–Trinajstić information content (AvgIpc) is 2.36. The van der Waals surface area contributed by atoms with Crippen molar-refractivity contribution in [2.24, 2.45) is 11.8 Å². The summed E-state index contributed by atoms with van der Waals surface area (Å²) in [7, 11) is 0. The molecule has 1 aliphatic carbocycles. The number of ether oxygens (including phenoxy) is 1. The fourth-order valence-electron chi connectivity index (χ4n) is 2.56. The minimum Gasteiger partial charge on any atom is -0.459 e. The van der Waals surface area contributed by atoms with Gasteiger partial charge < -0.3 is 4.74 Å². The lowest BCUT2D eigenvalue weighted by Crippen LogP contribution is -2.26. The van der Waals surface area contributed by atoms with E-state index < -0.39 is 0 Å².